The maximum absolute atomic E-state index is 12.4. The van der Waals surface area contributed by atoms with Crippen molar-refractivity contribution in [2.75, 3.05) is 36.4 Å². The van der Waals surface area contributed by atoms with Crippen LogP contribution in [0.25, 0.3) is 0 Å². The minimum absolute atomic E-state index is 0.240. The fraction of sp³-hybridized carbons (Fsp3) is 0.261. The summed E-state index contributed by atoms with van der Waals surface area (Å²) in [6.45, 7) is 4.82. The van der Waals surface area contributed by atoms with Crippen LogP contribution in [0.5, 0.6) is 0 Å². The van der Waals surface area contributed by atoms with Crippen LogP contribution >= 0.6 is 11.6 Å². The summed E-state index contributed by atoms with van der Waals surface area (Å²) in [7, 11) is 0. The van der Waals surface area contributed by atoms with E-state index in [0.29, 0.717) is 16.3 Å². The second kappa shape index (κ2) is 9.69. The molecule has 4 rings (SSSR count). The summed E-state index contributed by atoms with van der Waals surface area (Å²) < 4.78 is 0. The number of anilines is 2. The number of carbonyl (C=O) groups is 1. The zero-order valence-electron chi connectivity index (χ0n) is 16.7. The van der Waals surface area contributed by atoms with Gasteiger partial charge in [0.05, 0.1) is 22.5 Å². The Morgan fingerprint density at radius 1 is 1.00 bits per heavy atom. The van der Waals surface area contributed by atoms with Gasteiger partial charge in [-0.25, -0.2) is 4.98 Å². The van der Waals surface area contributed by atoms with Crippen LogP contribution in [0.4, 0.5) is 11.5 Å². The van der Waals surface area contributed by atoms with Crippen molar-refractivity contribution in [2.45, 2.75) is 13.0 Å². The highest BCUT2D eigenvalue weighted by Gasteiger charge is 2.17. The number of halogens is 1. The monoisotopic (exact) mass is 421 g/mol. The van der Waals surface area contributed by atoms with Crippen molar-refractivity contribution in [3.8, 4) is 0 Å². The molecule has 2 aromatic heterocycles. The average Bonchev–Trinajstić information content (AvgIpc) is 3.01. The predicted molar refractivity (Wildman–Crippen MR) is 120 cm³/mol. The molecule has 7 heteroatoms. The lowest BCUT2D eigenvalue weighted by molar-refractivity contribution is 0.102. The van der Waals surface area contributed by atoms with Crippen LogP contribution in [-0.4, -0.2) is 47.0 Å². The van der Waals surface area contributed by atoms with Crippen molar-refractivity contribution >= 4 is 29.0 Å². The summed E-state index contributed by atoms with van der Waals surface area (Å²) >= 11 is 6.10. The van der Waals surface area contributed by atoms with E-state index in [0.717, 1.165) is 45.0 Å². The highest BCUT2D eigenvalue weighted by molar-refractivity contribution is 6.34. The number of aromatic nitrogens is 2. The van der Waals surface area contributed by atoms with Gasteiger partial charge in [-0.1, -0.05) is 29.8 Å². The smallest absolute Gasteiger partial charge is 0.257 e. The number of amides is 1. The minimum atomic E-state index is -0.240. The normalized spacial score (nSPS) is 14.9. The van der Waals surface area contributed by atoms with Gasteiger partial charge in [-0.15, -0.1) is 0 Å². The Kier molecular flexibility index (Phi) is 6.57. The highest BCUT2D eigenvalue weighted by Crippen LogP contribution is 2.20. The summed E-state index contributed by atoms with van der Waals surface area (Å²) in [5, 5.41) is 3.29. The molecule has 1 aliphatic rings. The summed E-state index contributed by atoms with van der Waals surface area (Å²) in [6.07, 6.45) is 6.51. The van der Waals surface area contributed by atoms with Crippen molar-refractivity contribution < 1.29 is 4.79 Å². The van der Waals surface area contributed by atoms with Gasteiger partial charge in [0.25, 0.3) is 5.91 Å². The fourth-order valence-electron chi connectivity index (χ4n) is 3.60. The Morgan fingerprint density at radius 2 is 1.90 bits per heavy atom. The molecule has 0 bridgehead atoms. The van der Waals surface area contributed by atoms with Gasteiger partial charge in [0.15, 0.2) is 0 Å². The third-order valence-corrected chi connectivity index (χ3v) is 5.50. The molecular weight excluding hydrogens is 398 g/mol. The molecule has 1 saturated heterocycles. The molecule has 6 nitrogen and oxygen atoms in total. The van der Waals surface area contributed by atoms with Crippen molar-refractivity contribution in [2.24, 2.45) is 0 Å². The SMILES string of the molecule is O=C(Nc1ccc(N2CCCN(Cc3cccnc3)CC2)nc1)c1ccccc1Cl. The first-order valence-corrected chi connectivity index (χ1v) is 10.4. The molecule has 1 N–H and O–H groups in total. The van der Waals surface area contributed by atoms with E-state index in [-0.39, 0.29) is 5.91 Å². The van der Waals surface area contributed by atoms with Gasteiger partial charge in [0, 0.05) is 45.1 Å². The van der Waals surface area contributed by atoms with Gasteiger partial charge in [-0.3, -0.25) is 14.7 Å². The zero-order valence-corrected chi connectivity index (χ0v) is 17.4. The molecule has 0 radical (unpaired) electrons. The van der Waals surface area contributed by atoms with Crippen LogP contribution in [-0.2, 0) is 6.54 Å². The molecular formula is C23H24ClN5O. The molecule has 3 aromatic rings. The summed E-state index contributed by atoms with van der Waals surface area (Å²) in [6, 6.07) is 14.9. The fourth-order valence-corrected chi connectivity index (χ4v) is 3.82. The number of nitrogens with one attached hydrogen (secondary N) is 1. The third-order valence-electron chi connectivity index (χ3n) is 5.17. The molecule has 1 aliphatic heterocycles. The van der Waals surface area contributed by atoms with Crippen molar-refractivity contribution in [3.63, 3.8) is 0 Å². The quantitative estimate of drug-likeness (QED) is 0.672. The second-order valence-corrected chi connectivity index (χ2v) is 7.72. The molecule has 1 aromatic carbocycles. The van der Waals surface area contributed by atoms with Gasteiger partial charge in [0.2, 0.25) is 0 Å². The highest BCUT2D eigenvalue weighted by atomic mass is 35.5. The van der Waals surface area contributed by atoms with E-state index in [4.69, 9.17) is 11.6 Å². The van der Waals surface area contributed by atoms with E-state index in [1.165, 1.54) is 5.56 Å². The molecule has 1 amide bonds. The van der Waals surface area contributed by atoms with Crippen LogP contribution in [0.3, 0.4) is 0 Å². The van der Waals surface area contributed by atoms with E-state index in [1.807, 2.05) is 24.4 Å². The summed E-state index contributed by atoms with van der Waals surface area (Å²) in [4.78, 5) is 25.9. The second-order valence-electron chi connectivity index (χ2n) is 7.32. The van der Waals surface area contributed by atoms with Crippen LogP contribution in [0.1, 0.15) is 22.3 Å². The Hall–Kier alpha value is -2.96. The minimum Gasteiger partial charge on any atom is -0.355 e. The van der Waals surface area contributed by atoms with Crippen molar-refractivity contribution in [1.82, 2.24) is 14.9 Å². The first-order valence-electron chi connectivity index (χ1n) is 10.1. The van der Waals surface area contributed by atoms with Crippen LogP contribution < -0.4 is 10.2 Å². The number of nitrogens with zero attached hydrogens (tertiary/aromatic N) is 4. The standard InChI is InChI=1S/C23H24ClN5O/c24-21-7-2-1-6-20(21)23(30)27-19-8-9-22(26-16-19)29-12-4-11-28(13-14-29)17-18-5-3-10-25-15-18/h1-3,5-10,15-16H,4,11-14,17H2,(H,27,30). The first kappa shape index (κ1) is 20.3. The average molecular weight is 422 g/mol. The maximum Gasteiger partial charge on any atom is 0.257 e. The Bertz CT molecular complexity index is 980. The Labute approximate surface area is 181 Å². The van der Waals surface area contributed by atoms with E-state index in [2.05, 4.69) is 31.2 Å². The number of rotatable bonds is 5. The molecule has 3 heterocycles. The summed E-state index contributed by atoms with van der Waals surface area (Å²) in [5.41, 5.74) is 2.34. The van der Waals surface area contributed by atoms with E-state index >= 15 is 0 Å². The van der Waals surface area contributed by atoms with Gasteiger partial charge >= 0.3 is 0 Å². The lowest BCUT2D eigenvalue weighted by Crippen LogP contribution is -2.31. The Morgan fingerprint density at radius 3 is 2.67 bits per heavy atom. The van der Waals surface area contributed by atoms with Gasteiger partial charge in [-0.05, 0) is 42.3 Å². The molecule has 1 fully saturated rings. The van der Waals surface area contributed by atoms with Gasteiger partial charge in [-0.2, -0.15) is 0 Å². The third kappa shape index (κ3) is 5.14. The number of hydrogen-bond donors (Lipinski definition) is 1. The van der Waals surface area contributed by atoms with Crippen LogP contribution in [0.15, 0.2) is 67.1 Å². The van der Waals surface area contributed by atoms with Crippen molar-refractivity contribution in [1.29, 1.82) is 0 Å². The number of hydrogen-bond acceptors (Lipinski definition) is 5. The lowest BCUT2D eigenvalue weighted by Gasteiger charge is -2.23. The van der Waals surface area contributed by atoms with Crippen LogP contribution in [0, 0.1) is 0 Å². The first-order chi connectivity index (χ1) is 14.7. The molecule has 154 valence electrons. The van der Waals surface area contributed by atoms with E-state index in [1.54, 1.807) is 36.7 Å². The number of pyridine rings is 2. The molecule has 0 unspecified atom stereocenters. The lowest BCUT2D eigenvalue weighted by atomic mass is 10.2. The molecule has 0 atom stereocenters. The van der Waals surface area contributed by atoms with Crippen LogP contribution in [0.2, 0.25) is 5.02 Å². The molecule has 30 heavy (non-hydrogen) atoms. The van der Waals surface area contributed by atoms with Crippen molar-refractivity contribution in [3.05, 3.63) is 83.3 Å². The molecule has 0 aliphatic carbocycles. The Balaban J connectivity index is 1.35. The van der Waals surface area contributed by atoms with E-state index < -0.39 is 0 Å². The number of carbonyl (C=O) groups excluding carboxylic acids is 1. The zero-order chi connectivity index (χ0) is 20.8. The largest absolute Gasteiger partial charge is 0.355 e. The summed E-state index contributed by atoms with van der Waals surface area (Å²) in [5.74, 6) is 0.685. The van der Waals surface area contributed by atoms with Gasteiger partial charge in [0.1, 0.15) is 5.82 Å². The molecule has 0 saturated carbocycles. The number of benzene rings is 1. The molecule has 0 spiro atoms. The topological polar surface area (TPSA) is 61.4 Å². The van der Waals surface area contributed by atoms with E-state index in [9.17, 15) is 4.79 Å². The van der Waals surface area contributed by atoms with Gasteiger partial charge < -0.3 is 10.2 Å². The predicted octanol–water partition coefficient (Wildman–Crippen LogP) is 4.09. The maximum atomic E-state index is 12.4.